The average molecular weight is 644 g/mol. The molecule has 12 heteroatoms. The number of carbonyl (C=O) groups excluding carboxylic acids is 2. The van der Waals surface area contributed by atoms with Crippen LogP contribution in [0.4, 0.5) is 4.79 Å². The first-order valence-electron chi connectivity index (χ1n) is 14.3. The van der Waals surface area contributed by atoms with Crippen molar-refractivity contribution in [3.8, 4) is 17.2 Å². The van der Waals surface area contributed by atoms with E-state index in [9.17, 15) is 14.4 Å². The molecule has 1 aliphatic rings. The zero-order valence-corrected chi connectivity index (χ0v) is 27.5. The summed E-state index contributed by atoms with van der Waals surface area (Å²) in [4.78, 5) is 43.7. The number of halogens is 1. The molecule has 0 saturated heterocycles. The summed E-state index contributed by atoms with van der Waals surface area (Å²) in [5.41, 5.74) is 1.57. The van der Waals surface area contributed by atoms with E-state index in [4.69, 9.17) is 30.5 Å². The number of carbonyl (C=O) groups is 2. The number of alkyl carbamates (subject to hydrolysis) is 1. The Morgan fingerprint density at radius 3 is 2.45 bits per heavy atom. The normalized spacial score (nSPS) is 15.7. The molecule has 1 amide bonds. The van der Waals surface area contributed by atoms with Crippen LogP contribution < -0.4 is 20.3 Å². The molecular formula is C32H38ClN3O7S. The maximum atomic E-state index is 13.5. The molecule has 2 unspecified atom stereocenters. The number of thioether (sulfide) groups is 1. The summed E-state index contributed by atoms with van der Waals surface area (Å²) >= 11 is 7.54. The number of fused-ring (bicyclic) bond motifs is 1. The van der Waals surface area contributed by atoms with Crippen molar-refractivity contribution >= 4 is 35.4 Å². The lowest BCUT2D eigenvalue weighted by atomic mass is 10.1. The molecular weight excluding hydrogens is 606 g/mol. The molecule has 44 heavy (non-hydrogen) atoms. The molecule has 3 aromatic rings. The Hall–Kier alpha value is -3.70. The van der Waals surface area contributed by atoms with E-state index in [1.165, 1.54) is 29.8 Å². The predicted molar refractivity (Wildman–Crippen MR) is 169 cm³/mol. The van der Waals surface area contributed by atoms with Crippen LogP contribution in [0.2, 0.25) is 5.02 Å². The van der Waals surface area contributed by atoms with Crippen molar-refractivity contribution in [1.29, 1.82) is 0 Å². The number of nitrogens with one attached hydrogen (secondary N) is 1. The molecule has 4 rings (SSSR count). The maximum absolute atomic E-state index is 13.5. The van der Waals surface area contributed by atoms with Crippen molar-refractivity contribution in [2.24, 2.45) is 5.92 Å². The van der Waals surface area contributed by atoms with Crippen LogP contribution >= 0.6 is 23.4 Å². The predicted octanol–water partition coefficient (Wildman–Crippen LogP) is 6.14. The number of hydrogen-bond acceptors (Lipinski definition) is 9. The number of nitrogens with zero attached hydrogens (tertiary/aromatic N) is 2. The van der Waals surface area contributed by atoms with Gasteiger partial charge in [-0.3, -0.25) is 9.36 Å². The summed E-state index contributed by atoms with van der Waals surface area (Å²) in [5.74, 6) is -0.0175. The van der Waals surface area contributed by atoms with Crippen molar-refractivity contribution in [3.63, 3.8) is 0 Å². The van der Waals surface area contributed by atoms with Gasteiger partial charge >= 0.3 is 12.1 Å². The highest BCUT2D eigenvalue weighted by Crippen LogP contribution is 2.44. The number of aromatic nitrogens is 2. The summed E-state index contributed by atoms with van der Waals surface area (Å²) in [6, 6.07) is 11.9. The summed E-state index contributed by atoms with van der Waals surface area (Å²) < 4.78 is 23.8. The lowest BCUT2D eigenvalue weighted by Gasteiger charge is -2.25. The molecule has 0 spiro atoms. The van der Waals surface area contributed by atoms with Gasteiger partial charge in [0.2, 0.25) is 0 Å². The van der Waals surface area contributed by atoms with Crippen molar-refractivity contribution in [1.82, 2.24) is 14.9 Å². The topological polar surface area (TPSA) is 118 Å². The first-order chi connectivity index (χ1) is 20.8. The van der Waals surface area contributed by atoms with Gasteiger partial charge in [0.05, 0.1) is 23.4 Å². The van der Waals surface area contributed by atoms with Crippen LogP contribution in [0.25, 0.3) is 5.69 Å². The SMILES string of the molecule is COc1cc(-n2cnc3c(c2=O)SC(c2ccc(Cl)cc2)C3)ccc1OCC(C)OC(=O)[C@@H](NC(=O)OC(C)(C)C)C(C)C. The molecule has 1 aliphatic heterocycles. The molecule has 236 valence electrons. The monoisotopic (exact) mass is 643 g/mol. The molecule has 0 aliphatic carbocycles. The van der Waals surface area contributed by atoms with Crippen LogP contribution in [0, 0.1) is 5.92 Å². The second-order valence-electron chi connectivity index (χ2n) is 11.8. The summed E-state index contributed by atoms with van der Waals surface area (Å²) in [6.45, 7) is 10.6. The van der Waals surface area contributed by atoms with E-state index < -0.39 is 29.8 Å². The van der Waals surface area contributed by atoms with Crippen LogP contribution in [0.15, 0.2) is 58.5 Å². The van der Waals surface area contributed by atoms with E-state index in [1.54, 1.807) is 59.7 Å². The van der Waals surface area contributed by atoms with Gasteiger partial charge in [-0.25, -0.2) is 14.6 Å². The minimum absolute atomic E-state index is 0.0295. The second-order valence-corrected chi connectivity index (χ2v) is 13.5. The minimum Gasteiger partial charge on any atom is -0.493 e. The molecule has 2 aromatic carbocycles. The van der Waals surface area contributed by atoms with E-state index in [2.05, 4.69) is 10.3 Å². The highest BCUT2D eigenvalue weighted by molar-refractivity contribution is 7.99. The number of amides is 1. The Balaban J connectivity index is 1.40. The van der Waals surface area contributed by atoms with E-state index >= 15 is 0 Å². The van der Waals surface area contributed by atoms with E-state index in [1.807, 2.05) is 24.3 Å². The number of hydrogen-bond donors (Lipinski definition) is 1. The zero-order valence-electron chi connectivity index (χ0n) is 25.9. The van der Waals surface area contributed by atoms with Crippen molar-refractivity contribution < 1.29 is 28.5 Å². The largest absolute Gasteiger partial charge is 0.493 e. The van der Waals surface area contributed by atoms with Gasteiger partial charge < -0.3 is 24.3 Å². The van der Waals surface area contributed by atoms with Gasteiger partial charge in [0.1, 0.15) is 30.7 Å². The van der Waals surface area contributed by atoms with Gasteiger partial charge in [-0.2, -0.15) is 0 Å². The molecule has 0 saturated carbocycles. The quantitative estimate of drug-likeness (QED) is 0.260. The summed E-state index contributed by atoms with van der Waals surface area (Å²) in [7, 11) is 1.50. The standard InChI is InChI=1S/C32H38ClN3O7S/c1-18(2)27(35-31(39)43-32(4,5)6)30(38)42-19(3)16-41-24-13-12-22(14-25(24)40-7)36-17-34-23-15-26(44-28(23)29(36)37)20-8-10-21(33)11-9-20/h8-14,17-19,26-27H,15-16H2,1-7H3,(H,35,39)/t19?,26?,27-/m0/s1. The van der Waals surface area contributed by atoms with E-state index in [0.717, 1.165) is 11.3 Å². The molecule has 10 nitrogen and oxygen atoms in total. The van der Waals surface area contributed by atoms with E-state index in [-0.39, 0.29) is 23.3 Å². The maximum Gasteiger partial charge on any atom is 0.408 e. The fourth-order valence-electron chi connectivity index (χ4n) is 4.51. The number of benzene rings is 2. The average Bonchev–Trinajstić information content (AvgIpc) is 3.39. The third kappa shape index (κ3) is 8.26. The number of methoxy groups -OCH3 is 1. The molecule has 0 fully saturated rings. The first kappa shape index (κ1) is 33.2. The fraction of sp³-hybridized carbons (Fsp3) is 0.438. The summed E-state index contributed by atoms with van der Waals surface area (Å²) in [6.07, 6.45) is 0.854. The van der Waals surface area contributed by atoms with Gasteiger partial charge in [-0.1, -0.05) is 37.6 Å². The molecule has 0 bridgehead atoms. The highest BCUT2D eigenvalue weighted by atomic mass is 35.5. The Bertz CT molecular complexity index is 1550. The first-order valence-corrected chi connectivity index (χ1v) is 15.6. The van der Waals surface area contributed by atoms with Crippen LogP contribution in [-0.2, 0) is 20.7 Å². The lowest BCUT2D eigenvalue weighted by Crippen LogP contribution is -2.48. The Morgan fingerprint density at radius 2 is 1.82 bits per heavy atom. The van der Waals surface area contributed by atoms with Crippen molar-refractivity contribution in [2.45, 2.75) is 75.9 Å². The van der Waals surface area contributed by atoms with Gasteiger partial charge in [0, 0.05) is 22.8 Å². The Labute approximate surface area is 266 Å². The molecule has 0 radical (unpaired) electrons. The van der Waals surface area contributed by atoms with Crippen LogP contribution in [0.3, 0.4) is 0 Å². The van der Waals surface area contributed by atoms with Gasteiger partial charge in [0.15, 0.2) is 11.5 Å². The van der Waals surface area contributed by atoms with Crippen LogP contribution in [0.1, 0.15) is 58.0 Å². The van der Waals surface area contributed by atoms with Gasteiger partial charge in [-0.05, 0) is 63.4 Å². The third-order valence-corrected chi connectivity index (χ3v) is 8.32. The molecule has 1 aromatic heterocycles. The third-order valence-electron chi connectivity index (χ3n) is 6.69. The molecule has 2 heterocycles. The lowest BCUT2D eigenvalue weighted by molar-refractivity contribution is -0.153. The highest BCUT2D eigenvalue weighted by Gasteiger charge is 2.30. The second kappa shape index (κ2) is 13.9. The number of rotatable bonds is 10. The smallest absolute Gasteiger partial charge is 0.408 e. The van der Waals surface area contributed by atoms with Crippen LogP contribution in [0.5, 0.6) is 11.5 Å². The summed E-state index contributed by atoms with van der Waals surface area (Å²) in [5, 5.41) is 3.34. The fourth-order valence-corrected chi connectivity index (χ4v) is 5.93. The van der Waals surface area contributed by atoms with Crippen molar-refractivity contribution in [3.05, 3.63) is 75.4 Å². The van der Waals surface area contributed by atoms with Gasteiger partial charge in [0.25, 0.3) is 5.56 Å². The zero-order chi connectivity index (χ0) is 32.2. The number of ether oxygens (including phenoxy) is 4. The van der Waals surface area contributed by atoms with Crippen LogP contribution in [-0.4, -0.2) is 53.1 Å². The van der Waals surface area contributed by atoms with Crippen molar-refractivity contribution in [2.75, 3.05) is 13.7 Å². The minimum atomic E-state index is -0.889. The Kier molecular flexibility index (Phi) is 10.5. The van der Waals surface area contributed by atoms with Gasteiger partial charge in [-0.15, -0.1) is 11.8 Å². The van der Waals surface area contributed by atoms with E-state index in [0.29, 0.717) is 33.5 Å². The molecule has 3 atom stereocenters. The Morgan fingerprint density at radius 1 is 1.11 bits per heavy atom. The number of esters is 1. The molecule has 1 N–H and O–H groups in total.